The molecule has 0 saturated heterocycles. The zero-order chi connectivity index (χ0) is 13.0. The van der Waals surface area contributed by atoms with E-state index in [1.54, 1.807) is 0 Å². The lowest BCUT2D eigenvalue weighted by atomic mass is 10.00. The summed E-state index contributed by atoms with van der Waals surface area (Å²) in [4.78, 5) is 11.9. The second-order valence-corrected chi connectivity index (χ2v) is 4.68. The summed E-state index contributed by atoms with van der Waals surface area (Å²) in [5.41, 5.74) is 2.75. The summed E-state index contributed by atoms with van der Waals surface area (Å²) in [5.74, 6) is 0.203. The number of aliphatic hydroxyl groups excluding tert-OH is 2. The lowest BCUT2D eigenvalue weighted by molar-refractivity contribution is 0.0982. The van der Waals surface area contributed by atoms with Gasteiger partial charge < -0.3 is 15.5 Å². The Labute approximate surface area is 107 Å². The molecular formula is C14H19NO3. The summed E-state index contributed by atoms with van der Waals surface area (Å²) < 4.78 is 0. The predicted molar refractivity (Wildman–Crippen MR) is 69.9 cm³/mol. The van der Waals surface area contributed by atoms with E-state index in [1.807, 2.05) is 18.2 Å². The molecule has 0 spiro atoms. The number of carbonyl (C=O) groups is 1. The van der Waals surface area contributed by atoms with Gasteiger partial charge >= 0.3 is 0 Å². The van der Waals surface area contributed by atoms with Crippen molar-refractivity contribution in [3.63, 3.8) is 0 Å². The van der Waals surface area contributed by atoms with Crippen LogP contribution < -0.4 is 5.32 Å². The number of fused-ring (bicyclic) bond motifs is 1. The largest absolute Gasteiger partial charge is 0.394 e. The Bertz CT molecular complexity index is 431. The first-order valence-corrected chi connectivity index (χ1v) is 6.40. The first-order valence-electron chi connectivity index (χ1n) is 6.40. The van der Waals surface area contributed by atoms with E-state index in [1.165, 1.54) is 0 Å². The molecule has 1 aromatic rings. The number of nitrogens with one attached hydrogen (secondary N) is 1. The van der Waals surface area contributed by atoms with Crippen molar-refractivity contribution in [3.05, 3.63) is 29.3 Å². The molecule has 1 aliphatic carbocycles. The summed E-state index contributed by atoms with van der Waals surface area (Å²) in [6.45, 7) is 0.0299. The quantitative estimate of drug-likeness (QED) is 0.705. The molecule has 4 nitrogen and oxygen atoms in total. The Morgan fingerprint density at radius 2 is 2.06 bits per heavy atom. The molecule has 1 aliphatic rings. The second kappa shape index (κ2) is 5.98. The highest BCUT2D eigenvalue weighted by Crippen LogP contribution is 2.27. The van der Waals surface area contributed by atoms with E-state index in [-0.39, 0.29) is 12.4 Å². The van der Waals surface area contributed by atoms with Crippen LogP contribution in [-0.4, -0.2) is 35.3 Å². The number of anilines is 1. The van der Waals surface area contributed by atoms with E-state index in [2.05, 4.69) is 5.32 Å². The van der Waals surface area contributed by atoms with Gasteiger partial charge in [0.2, 0.25) is 0 Å². The van der Waals surface area contributed by atoms with Gasteiger partial charge in [0.15, 0.2) is 5.78 Å². The molecular weight excluding hydrogens is 230 g/mol. The fourth-order valence-corrected chi connectivity index (χ4v) is 2.30. The molecule has 0 saturated carbocycles. The third kappa shape index (κ3) is 2.89. The Kier molecular flexibility index (Phi) is 4.33. The van der Waals surface area contributed by atoms with E-state index in [0.29, 0.717) is 13.0 Å². The molecule has 18 heavy (non-hydrogen) atoms. The third-order valence-corrected chi connectivity index (χ3v) is 3.30. The minimum Gasteiger partial charge on any atom is -0.394 e. The summed E-state index contributed by atoms with van der Waals surface area (Å²) in [6.07, 6.45) is 2.68. The number of hydrogen-bond acceptors (Lipinski definition) is 4. The van der Waals surface area contributed by atoms with Crippen molar-refractivity contribution in [2.24, 2.45) is 0 Å². The molecule has 2 rings (SSSR count). The number of aliphatic hydroxyl groups is 2. The van der Waals surface area contributed by atoms with E-state index < -0.39 is 6.10 Å². The molecule has 1 atom stereocenters. The lowest BCUT2D eigenvalue weighted by Crippen LogP contribution is -2.23. The van der Waals surface area contributed by atoms with Crippen LogP contribution >= 0.6 is 0 Å². The zero-order valence-electron chi connectivity index (χ0n) is 10.4. The maximum atomic E-state index is 11.9. The highest BCUT2D eigenvalue weighted by molar-refractivity contribution is 5.99. The van der Waals surface area contributed by atoms with Gasteiger partial charge in [-0.15, -0.1) is 0 Å². The topological polar surface area (TPSA) is 69.6 Å². The molecule has 0 aromatic heterocycles. The normalized spacial score (nSPS) is 16.9. The number of ketones is 1. The van der Waals surface area contributed by atoms with Crippen LogP contribution in [0.1, 0.15) is 35.2 Å². The van der Waals surface area contributed by atoms with Crippen LogP contribution in [0.25, 0.3) is 0 Å². The Balaban J connectivity index is 2.21. The second-order valence-electron chi connectivity index (χ2n) is 4.68. The molecule has 4 heteroatoms. The van der Waals surface area contributed by atoms with Crippen molar-refractivity contribution < 1.29 is 15.0 Å². The average Bonchev–Trinajstić information content (AvgIpc) is 2.58. The predicted octanol–water partition coefficient (Wildman–Crippen LogP) is 1.36. The van der Waals surface area contributed by atoms with Crippen molar-refractivity contribution in [1.29, 1.82) is 0 Å². The standard InChI is InChI=1S/C14H19NO3/c16-9-10(17)8-15-13-6-3-5-12-11(13)4-1-2-7-14(12)18/h3,5-6,10,15-17H,1-2,4,7-9H2. The third-order valence-electron chi connectivity index (χ3n) is 3.30. The maximum Gasteiger partial charge on any atom is 0.163 e. The monoisotopic (exact) mass is 249 g/mol. The van der Waals surface area contributed by atoms with E-state index in [9.17, 15) is 9.90 Å². The van der Waals surface area contributed by atoms with Gasteiger partial charge in [-0.3, -0.25) is 4.79 Å². The smallest absolute Gasteiger partial charge is 0.163 e. The molecule has 1 unspecified atom stereocenters. The SMILES string of the molecule is O=C1CCCCc2c(NCC(O)CO)cccc21. The first kappa shape index (κ1) is 13.1. The molecule has 1 aromatic carbocycles. The molecule has 0 amide bonds. The van der Waals surface area contributed by atoms with Crippen LogP contribution in [-0.2, 0) is 6.42 Å². The van der Waals surface area contributed by atoms with Gasteiger partial charge in [0.25, 0.3) is 0 Å². The van der Waals surface area contributed by atoms with Gasteiger partial charge in [-0.25, -0.2) is 0 Å². The summed E-state index contributed by atoms with van der Waals surface area (Å²) >= 11 is 0. The molecule has 98 valence electrons. The number of hydrogen-bond donors (Lipinski definition) is 3. The number of Topliss-reactive ketones (excluding diaryl/α,β-unsaturated/α-hetero) is 1. The lowest BCUT2D eigenvalue weighted by Gasteiger charge is -2.15. The highest BCUT2D eigenvalue weighted by Gasteiger charge is 2.18. The first-order chi connectivity index (χ1) is 8.72. The van der Waals surface area contributed by atoms with Crippen LogP contribution in [0.3, 0.4) is 0 Å². The Morgan fingerprint density at radius 1 is 1.28 bits per heavy atom. The van der Waals surface area contributed by atoms with Gasteiger partial charge in [-0.05, 0) is 30.9 Å². The summed E-state index contributed by atoms with van der Waals surface area (Å²) in [6, 6.07) is 5.65. The van der Waals surface area contributed by atoms with Crippen molar-refractivity contribution in [2.75, 3.05) is 18.5 Å². The van der Waals surface area contributed by atoms with Gasteiger partial charge in [-0.2, -0.15) is 0 Å². The van der Waals surface area contributed by atoms with Crippen LogP contribution in [0.5, 0.6) is 0 Å². The van der Waals surface area contributed by atoms with Crippen molar-refractivity contribution in [3.8, 4) is 0 Å². The van der Waals surface area contributed by atoms with Crippen LogP contribution in [0, 0.1) is 0 Å². The average molecular weight is 249 g/mol. The van der Waals surface area contributed by atoms with Crippen molar-refractivity contribution in [1.82, 2.24) is 0 Å². The van der Waals surface area contributed by atoms with Gasteiger partial charge in [0.1, 0.15) is 0 Å². The summed E-state index contributed by atoms with van der Waals surface area (Å²) in [5, 5.41) is 21.3. The van der Waals surface area contributed by atoms with Gasteiger partial charge in [-0.1, -0.05) is 12.1 Å². The van der Waals surface area contributed by atoms with Crippen LogP contribution in [0.4, 0.5) is 5.69 Å². The molecule has 0 aliphatic heterocycles. The Hall–Kier alpha value is -1.39. The molecule has 0 bridgehead atoms. The van der Waals surface area contributed by atoms with E-state index in [0.717, 1.165) is 36.1 Å². The minimum atomic E-state index is -0.776. The van der Waals surface area contributed by atoms with Gasteiger partial charge in [0.05, 0.1) is 12.7 Å². The number of rotatable bonds is 4. The number of carbonyl (C=O) groups excluding carboxylic acids is 1. The van der Waals surface area contributed by atoms with Crippen LogP contribution in [0.2, 0.25) is 0 Å². The molecule has 0 fully saturated rings. The maximum absolute atomic E-state index is 11.9. The minimum absolute atomic E-state index is 0.203. The highest BCUT2D eigenvalue weighted by atomic mass is 16.3. The fraction of sp³-hybridized carbons (Fsp3) is 0.500. The molecule has 3 N–H and O–H groups in total. The fourth-order valence-electron chi connectivity index (χ4n) is 2.30. The Morgan fingerprint density at radius 3 is 2.83 bits per heavy atom. The van der Waals surface area contributed by atoms with E-state index >= 15 is 0 Å². The molecule has 0 heterocycles. The molecule has 0 radical (unpaired) electrons. The van der Waals surface area contributed by atoms with Gasteiger partial charge in [0, 0.05) is 24.2 Å². The summed E-state index contributed by atoms with van der Waals surface area (Å²) in [7, 11) is 0. The zero-order valence-corrected chi connectivity index (χ0v) is 10.4. The van der Waals surface area contributed by atoms with E-state index in [4.69, 9.17) is 5.11 Å². The number of benzene rings is 1. The van der Waals surface area contributed by atoms with Crippen molar-refractivity contribution in [2.45, 2.75) is 31.8 Å². The van der Waals surface area contributed by atoms with Crippen molar-refractivity contribution >= 4 is 11.5 Å². The van der Waals surface area contributed by atoms with Crippen LogP contribution in [0.15, 0.2) is 18.2 Å².